The van der Waals surface area contributed by atoms with E-state index in [4.69, 9.17) is 4.74 Å². The van der Waals surface area contributed by atoms with Crippen LogP contribution in [0.3, 0.4) is 0 Å². The van der Waals surface area contributed by atoms with Gasteiger partial charge in [-0.15, -0.1) is 10.2 Å². The van der Waals surface area contributed by atoms with Crippen LogP contribution in [0.25, 0.3) is 0 Å². The molecule has 1 fully saturated rings. The molecule has 0 radical (unpaired) electrons. The second kappa shape index (κ2) is 7.97. The summed E-state index contributed by atoms with van der Waals surface area (Å²) in [5.74, 6) is 2.55. The van der Waals surface area contributed by atoms with Gasteiger partial charge in [-0.1, -0.05) is 6.92 Å². The second-order valence-corrected chi connectivity index (χ2v) is 5.38. The Morgan fingerprint density at radius 1 is 1.62 bits per heavy atom. The lowest BCUT2D eigenvalue weighted by Gasteiger charge is -2.24. The topological polar surface area (TPSA) is 67.6 Å². The summed E-state index contributed by atoms with van der Waals surface area (Å²) >= 11 is 0. The van der Waals surface area contributed by atoms with Gasteiger partial charge < -0.3 is 19.5 Å². The van der Waals surface area contributed by atoms with Gasteiger partial charge in [0.1, 0.15) is 12.2 Å². The highest BCUT2D eigenvalue weighted by Gasteiger charge is 2.18. The van der Waals surface area contributed by atoms with Crippen molar-refractivity contribution >= 4 is 5.96 Å². The summed E-state index contributed by atoms with van der Waals surface area (Å²) in [6, 6.07) is 0. The number of aliphatic imine (C=N–C) groups is 1. The molecule has 1 unspecified atom stereocenters. The van der Waals surface area contributed by atoms with E-state index < -0.39 is 0 Å². The quantitative estimate of drug-likeness (QED) is 0.607. The van der Waals surface area contributed by atoms with Crippen LogP contribution in [-0.2, 0) is 17.7 Å². The lowest BCUT2D eigenvalue weighted by Crippen LogP contribution is -2.42. The average molecular weight is 294 g/mol. The fraction of sp³-hybridized carbons (Fsp3) is 0.786. The molecule has 0 aliphatic carbocycles. The van der Waals surface area contributed by atoms with Crippen LogP contribution in [0.15, 0.2) is 11.3 Å². The van der Waals surface area contributed by atoms with Gasteiger partial charge in [-0.2, -0.15) is 0 Å². The molecule has 0 spiro atoms. The third-order valence-corrected chi connectivity index (χ3v) is 3.78. The first-order valence-corrected chi connectivity index (χ1v) is 7.60. The number of guanidine groups is 1. The van der Waals surface area contributed by atoms with Crippen LogP contribution >= 0.6 is 0 Å². The van der Waals surface area contributed by atoms with Gasteiger partial charge in [0.25, 0.3) is 0 Å². The van der Waals surface area contributed by atoms with Gasteiger partial charge in [-0.25, -0.2) is 0 Å². The molecule has 7 nitrogen and oxygen atoms in total. The van der Waals surface area contributed by atoms with Crippen LogP contribution in [0.5, 0.6) is 0 Å². The molecule has 1 N–H and O–H groups in total. The van der Waals surface area contributed by atoms with Crippen molar-refractivity contribution in [1.82, 2.24) is 25.0 Å². The molecule has 1 aliphatic rings. The molecule has 7 heteroatoms. The number of hydrogen-bond donors (Lipinski definition) is 1. The van der Waals surface area contributed by atoms with E-state index >= 15 is 0 Å². The normalized spacial score (nSPS) is 19.0. The largest absolute Gasteiger partial charge is 0.381 e. The highest BCUT2D eigenvalue weighted by atomic mass is 16.5. The van der Waals surface area contributed by atoms with Gasteiger partial charge >= 0.3 is 0 Å². The highest BCUT2D eigenvalue weighted by molar-refractivity contribution is 5.79. The zero-order valence-corrected chi connectivity index (χ0v) is 13.2. The summed E-state index contributed by atoms with van der Waals surface area (Å²) in [4.78, 5) is 6.51. The van der Waals surface area contributed by atoms with Crippen molar-refractivity contribution in [3.05, 3.63) is 12.2 Å². The molecule has 1 aromatic rings. The van der Waals surface area contributed by atoms with Crippen molar-refractivity contribution in [2.24, 2.45) is 10.9 Å². The van der Waals surface area contributed by atoms with Crippen LogP contribution in [0.4, 0.5) is 0 Å². The van der Waals surface area contributed by atoms with Crippen LogP contribution in [0.2, 0.25) is 0 Å². The standard InChI is InChI=1S/C14H26N6O/c1-4-13-18-17-11-20(13)7-6-16-14(15-2)19(3)9-12-5-8-21-10-12/h11-12H,4-10H2,1-3H3,(H,15,16). The first-order valence-electron chi connectivity index (χ1n) is 7.60. The van der Waals surface area contributed by atoms with Crippen molar-refractivity contribution in [2.75, 3.05) is 40.4 Å². The number of aryl methyl sites for hydroxylation is 1. The molecule has 1 aliphatic heterocycles. The van der Waals surface area contributed by atoms with E-state index in [1.807, 2.05) is 7.05 Å². The molecule has 2 rings (SSSR count). The Labute approximate surface area is 126 Å². The zero-order valence-electron chi connectivity index (χ0n) is 13.2. The molecule has 2 heterocycles. The van der Waals surface area contributed by atoms with Gasteiger partial charge in [0, 0.05) is 52.7 Å². The Morgan fingerprint density at radius 2 is 2.48 bits per heavy atom. The molecule has 1 atom stereocenters. The number of aromatic nitrogens is 3. The Hall–Kier alpha value is -1.63. The van der Waals surface area contributed by atoms with E-state index in [0.29, 0.717) is 5.92 Å². The third kappa shape index (κ3) is 4.42. The number of ether oxygens (including phenoxy) is 1. The van der Waals surface area contributed by atoms with E-state index in [0.717, 1.165) is 57.5 Å². The minimum atomic E-state index is 0.609. The SMILES string of the molecule is CCc1nncn1CCNC(=NC)N(C)CC1CCOC1. The highest BCUT2D eigenvalue weighted by Crippen LogP contribution is 2.13. The molecule has 0 amide bonds. The van der Waals surface area contributed by atoms with Crippen LogP contribution in [-0.4, -0.2) is 66.0 Å². The molecule has 21 heavy (non-hydrogen) atoms. The van der Waals surface area contributed by atoms with Crippen molar-refractivity contribution in [2.45, 2.75) is 26.3 Å². The maximum Gasteiger partial charge on any atom is 0.193 e. The van der Waals surface area contributed by atoms with Crippen molar-refractivity contribution < 1.29 is 4.74 Å². The number of nitrogens with one attached hydrogen (secondary N) is 1. The zero-order chi connectivity index (χ0) is 15.1. The summed E-state index contributed by atoms with van der Waals surface area (Å²) in [5, 5.41) is 11.4. The maximum absolute atomic E-state index is 5.42. The van der Waals surface area contributed by atoms with Crippen LogP contribution < -0.4 is 5.32 Å². The lowest BCUT2D eigenvalue weighted by atomic mass is 10.1. The number of rotatable bonds is 6. The Morgan fingerprint density at radius 3 is 3.14 bits per heavy atom. The monoisotopic (exact) mass is 294 g/mol. The first kappa shape index (κ1) is 15.8. The fourth-order valence-corrected chi connectivity index (χ4v) is 2.61. The van der Waals surface area contributed by atoms with Gasteiger partial charge in [0.15, 0.2) is 5.96 Å². The van der Waals surface area contributed by atoms with Gasteiger partial charge in [-0.3, -0.25) is 4.99 Å². The summed E-state index contributed by atoms with van der Waals surface area (Å²) in [6.45, 7) is 6.47. The molecule has 1 aromatic heterocycles. The summed E-state index contributed by atoms with van der Waals surface area (Å²) in [6.07, 6.45) is 3.82. The van der Waals surface area contributed by atoms with Crippen molar-refractivity contribution in [1.29, 1.82) is 0 Å². The minimum absolute atomic E-state index is 0.609. The van der Waals surface area contributed by atoms with Gasteiger partial charge in [0.2, 0.25) is 0 Å². The number of hydrogen-bond acceptors (Lipinski definition) is 4. The second-order valence-electron chi connectivity index (χ2n) is 5.38. The van der Waals surface area contributed by atoms with E-state index in [1.54, 1.807) is 6.33 Å². The fourth-order valence-electron chi connectivity index (χ4n) is 2.61. The Bertz CT molecular complexity index is 452. The Balaban J connectivity index is 1.76. The van der Waals surface area contributed by atoms with Crippen molar-refractivity contribution in [3.8, 4) is 0 Å². The summed E-state index contributed by atoms with van der Waals surface area (Å²) in [7, 11) is 3.89. The summed E-state index contributed by atoms with van der Waals surface area (Å²) < 4.78 is 7.50. The first-order chi connectivity index (χ1) is 10.2. The predicted octanol–water partition coefficient (Wildman–Crippen LogP) is 0.384. The molecular formula is C14H26N6O. The Kier molecular flexibility index (Phi) is 5.98. The van der Waals surface area contributed by atoms with Crippen LogP contribution in [0, 0.1) is 5.92 Å². The minimum Gasteiger partial charge on any atom is -0.381 e. The van der Waals surface area contributed by atoms with Crippen LogP contribution in [0.1, 0.15) is 19.2 Å². The van der Waals surface area contributed by atoms with Gasteiger partial charge in [-0.05, 0) is 6.42 Å². The maximum atomic E-state index is 5.42. The third-order valence-electron chi connectivity index (χ3n) is 3.78. The smallest absolute Gasteiger partial charge is 0.193 e. The molecular weight excluding hydrogens is 268 g/mol. The lowest BCUT2D eigenvalue weighted by molar-refractivity contribution is 0.181. The predicted molar refractivity (Wildman–Crippen MR) is 82.3 cm³/mol. The average Bonchev–Trinajstić information content (AvgIpc) is 3.14. The molecule has 0 bridgehead atoms. The van der Waals surface area contributed by atoms with Gasteiger partial charge in [0.05, 0.1) is 6.61 Å². The molecule has 0 aromatic carbocycles. The molecule has 118 valence electrons. The van der Waals surface area contributed by atoms with E-state index in [2.05, 4.69) is 43.9 Å². The molecule has 0 saturated carbocycles. The summed E-state index contributed by atoms with van der Waals surface area (Å²) in [5.41, 5.74) is 0. The van der Waals surface area contributed by atoms with E-state index in [9.17, 15) is 0 Å². The van der Waals surface area contributed by atoms with E-state index in [-0.39, 0.29) is 0 Å². The molecule has 1 saturated heterocycles. The van der Waals surface area contributed by atoms with E-state index in [1.165, 1.54) is 0 Å². The van der Waals surface area contributed by atoms with Crippen molar-refractivity contribution in [3.63, 3.8) is 0 Å². The number of nitrogens with zero attached hydrogens (tertiary/aromatic N) is 5.